The van der Waals surface area contributed by atoms with Crippen LogP contribution in [0.25, 0.3) is 0 Å². The van der Waals surface area contributed by atoms with Gasteiger partial charge in [-0.15, -0.1) is 0 Å². The lowest BCUT2D eigenvalue weighted by Gasteiger charge is -2.11. The molecule has 0 amide bonds. The molecular weight excluding hydrogens is 202 g/mol. The summed E-state index contributed by atoms with van der Waals surface area (Å²) in [5.74, 6) is 2.97. The number of nitrogens with two attached hydrogens (primary N) is 1. The Morgan fingerprint density at radius 2 is 1.87 bits per heavy atom. The summed E-state index contributed by atoms with van der Waals surface area (Å²) in [4.78, 5) is 0. The van der Waals surface area contributed by atoms with Gasteiger partial charge in [-0.2, -0.15) is 5.10 Å². The molecule has 5 heteroatoms. The summed E-state index contributed by atoms with van der Waals surface area (Å²) < 4.78 is 31.6. The summed E-state index contributed by atoms with van der Waals surface area (Å²) in [6.07, 6.45) is 0.869. The first-order valence-corrected chi connectivity index (χ1v) is 4.43. The van der Waals surface area contributed by atoms with E-state index in [1.54, 1.807) is 13.8 Å². The highest BCUT2D eigenvalue weighted by Gasteiger charge is 2.13. The van der Waals surface area contributed by atoms with Crippen LogP contribution in [0.4, 0.5) is 8.78 Å². The van der Waals surface area contributed by atoms with Gasteiger partial charge in [0.25, 0.3) is 0 Å². The van der Waals surface area contributed by atoms with Gasteiger partial charge in [-0.25, -0.2) is 8.78 Å². The largest absolute Gasteiger partial charge is 0.485 e. The van der Waals surface area contributed by atoms with Crippen LogP contribution in [0.15, 0.2) is 17.2 Å². The van der Waals surface area contributed by atoms with E-state index in [0.717, 1.165) is 18.3 Å². The molecule has 0 radical (unpaired) electrons. The van der Waals surface area contributed by atoms with Gasteiger partial charge in [0.15, 0.2) is 17.4 Å². The minimum atomic E-state index is -0.765. The van der Waals surface area contributed by atoms with Gasteiger partial charge in [-0.05, 0) is 26.0 Å². The van der Waals surface area contributed by atoms with E-state index in [4.69, 9.17) is 10.6 Å². The van der Waals surface area contributed by atoms with Crippen LogP contribution >= 0.6 is 0 Å². The fraction of sp³-hybridized carbons (Fsp3) is 0.300. The van der Waals surface area contributed by atoms with Gasteiger partial charge < -0.3 is 10.6 Å². The minimum Gasteiger partial charge on any atom is -0.485 e. The average Bonchev–Trinajstić information content (AvgIpc) is 2.11. The molecular formula is C10H12F2N2O. The van der Waals surface area contributed by atoms with Crippen molar-refractivity contribution in [1.82, 2.24) is 0 Å². The molecule has 0 aromatic heterocycles. The summed E-state index contributed by atoms with van der Waals surface area (Å²) in [7, 11) is 0. The molecule has 0 fully saturated rings. The van der Waals surface area contributed by atoms with Crippen molar-refractivity contribution in [1.29, 1.82) is 0 Å². The standard InChI is InChI=1S/C10H12F2N2O/c1-6(2)15-10-8(11)3-7(5-14-13)4-9(10)12/h3-6H,13H2,1-2H3. The molecule has 1 aromatic rings. The third-order valence-corrected chi connectivity index (χ3v) is 1.60. The van der Waals surface area contributed by atoms with Gasteiger partial charge in [0, 0.05) is 5.56 Å². The molecule has 0 heterocycles. The van der Waals surface area contributed by atoms with E-state index in [9.17, 15) is 8.78 Å². The maximum Gasteiger partial charge on any atom is 0.191 e. The number of nitrogens with zero attached hydrogens (tertiary/aromatic N) is 1. The van der Waals surface area contributed by atoms with Crippen LogP contribution in [0.1, 0.15) is 19.4 Å². The molecule has 0 saturated heterocycles. The molecule has 0 aliphatic rings. The molecule has 82 valence electrons. The highest BCUT2D eigenvalue weighted by molar-refractivity contribution is 5.79. The Kier molecular flexibility index (Phi) is 3.60. The zero-order chi connectivity index (χ0) is 11.4. The summed E-state index contributed by atoms with van der Waals surface area (Å²) in [6, 6.07) is 2.22. The lowest BCUT2D eigenvalue weighted by atomic mass is 10.2. The van der Waals surface area contributed by atoms with Gasteiger partial charge in [-0.1, -0.05) is 0 Å². The second-order valence-electron chi connectivity index (χ2n) is 3.26. The Labute approximate surface area is 86.5 Å². The van der Waals surface area contributed by atoms with Crippen molar-refractivity contribution in [3.8, 4) is 5.75 Å². The SMILES string of the molecule is CC(C)Oc1c(F)cc(C=NN)cc1F. The lowest BCUT2D eigenvalue weighted by Crippen LogP contribution is -2.09. The highest BCUT2D eigenvalue weighted by atomic mass is 19.1. The molecule has 0 aliphatic carbocycles. The quantitative estimate of drug-likeness (QED) is 0.475. The van der Waals surface area contributed by atoms with Gasteiger partial charge in [-0.3, -0.25) is 0 Å². The van der Waals surface area contributed by atoms with Crippen molar-refractivity contribution in [3.63, 3.8) is 0 Å². The van der Waals surface area contributed by atoms with Crippen molar-refractivity contribution >= 4 is 6.21 Å². The number of hydrogen-bond acceptors (Lipinski definition) is 3. The topological polar surface area (TPSA) is 47.6 Å². The lowest BCUT2D eigenvalue weighted by molar-refractivity contribution is 0.219. The van der Waals surface area contributed by atoms with E-state index in [-0.39, 0.29) is 17.4 Å². The van der Waals surface area contributed by atoms with Crippen molar-refractivity contribution < 1.29 is 13.5 Å². The van der Waals surface area contributed by atoms with E-state index < -0.39 is 11.6 Å². The van der Waals surface area contributed by atoms with Crippen LogP contribution in [-0.2, 0) is 0 Å². The first kappa shape index (κ1) is 11.4. The third-order valence-electron chi connectivity index (χ3n) is 1.60. The Hall–Kier alpha value is -1.65. The Morgan fingerprint density at radius 1 is 1.33 bits per heavy atom. The van der Waals surface area contributed by atoms with Gasteiger partial charge in [0.1, 0.15) is 0 Å². The normalized spacial score (nSPS) is 11.3. The monoisotopic (exact) mass is 214 g/mol. The summed E-state index contributed by atoms with van der Waals surface area (Å²) in [6.45, 7) is 3.38. The predicted molar refractivity (Wildman–Crippen MR) is 53.9 cm³/mol. The fourth-order valence-corrected chi connectivity index (χ4v) is 1.09. The minimum absolute atomic E-state index is 0.253. The number of ether oxygens (including phenoxy) is 1. The molecule has 0 atom stereocenters. The highest BCUT2D eigenvalue weighted by Crippen LogP contribution is 2.23. The van der Waals surface area contributed by atoms with E-state index in [1.807, 2.05) is 0 Å². The molecule has 1 rings (SSSR count). The molecule has 0 spiro atoms. The van der Waals surface area contributed by atoms with Crippen LogP contribution in [0.5, 0.6) is 5.75 Å². The molecule has 0 bridgehead atoms. The van der Waals surface area contributed by atoms with Gasteiger partial charge in [0.2, 0.25) is 0 Å². The average molecular weight is 214 g/mol. The first-order valence-electron chi connectivity index (χ1n) is 4.43. The fourth-order valence-electron chi connectivity index (χ4n) is 1.09. The number of hydrazone groups is 1. The van der Waals surface area contributed by atoms with Crippen molar-refractivity contribution in [2.75, 3.05) is 0 Å². The zero-order valence-corrected chi connectivity index (χ0v) is 8.50. The van der Waals surface area contributed by atoms with Gasteiger partial charge >= 0.3 is 0 Å². The Balaban J connectivity index is 3.09. The zero-order valence-electron chi connectivity index (χ0n) is 8.50. The first-order chi connectivity index (χ1) is 7.04. The van der Waals surface area contributed by atoms with Crippen LogP contribution in [0.2, 0.25) is 0 Å². The molecule has 15 heavy (non-hydrogen) atoms. The van der Waals surface area contributed by atoms with Crippen LogP contribution in [0, 0.1) is 11.6 Å². The number of halogens is 2. The predicted octanol–water partition coefficient (Wildman–Crippen LogP) is 2.04. The van der Waals surface area contributed by atoms with Crippen LogP contribution in [0.3, 0.4) is 0 Å². The second-order valence-corrected chi connectivity index (χ2v) is 3.26. The molecule has 1 aromatic carbocycles. The molecule has 2 N–H and O–H groups in total. The van der Waals surface area contributed by atoms with Crippen molar-refractivity contribution in [2.24, 2.45) is 10.9 Å². The van der Waals surface area contributed by atoms with Crippen molar-refractivity contribution in [3.05, 3.63) is 29.3 Å². The molecule has 0 aliphatic heterocycles. The van der Waals surface area contributed by atoms with Crippen LogP contribution < -0.4 is 10.6 Å². The van der Waals surface area contributed by atoms with E-state index in [0.29, 0.717) is 0 Å². The smallest absolute Gasteiger partial charge is 0.191 e. The van der Waals surface area contributed by atoms with E-state index >= 15 is 0 Å². The third kappa shape index (κ3) is 2.90. The van der Waals surface area contributed by atoms with Crippen molar-refractivity contribution in [2.45, 2.75) is 20.0 Å². The molecule has 0 saturated carbocycles. The number of rotatable bonds is 3. The Bertz CT molecular complexity index is 355. The molecule has 0 unspecified atom stereocenters. The van der Waals surface area contributed by atoms with E-state index in [2.05, 4.69) is 5.10 Å². The second kappa shape index (κ2) is 4.72. The summed E-state index contributed by atoms with van der Waals surface area (Å²) in [5, 5.41) is 3.18. The maximum absolute atomic E-state index is 13.3. The maximum atomic E-state index is 13.3. The van der Waals surface area contributed by atoms with Crippen LogP contribution in [-0.4, -0.2) is 12.3 Å². The van der Waals surface area contributed by atoms with Gasteiger partial charge in [0.05, 0.1) is 12.3 Å². The summed E-state index contributed by atoms with van der Waals surface area (Å²) >= 11 is 0. The van der Waals surface area contributed by atoms with E-state index in [1.165, 1.54) is 0 Å². The Morgan fingerprint density at radius 3 is 2.27 bits per heavy atom. The molecule has 3 nitrogen and oxygen atoms in total. The number of hydrogen-bond donors (Lipinski definition) is 1. The summed E-state index contributed by atoms with van der Waals surface area (Å²) in [5.41, 5.74) is 0.253. The number of benzene rings is 1.